The smallest absolute Gasteiger partial charge is 0.112 e. The number of aromatic nitrogens is 1. The van der Waals surface area contributed by atoms with Crippen molar-refractivity contribution in [1.82, 2.24) is 14.8 Å². The molecule has 20 heavy (non-hydrogen) atoms. The van der Waals surface area contributed by atoms with Crippen molar-refractivity contribution in [1.29, 1.82) is 0 Å². The average Bonchev–Trinajstić information content (AvgIpc) is 2.72. The zero-order valence-electron chi connectivity index (χ0n) is 13.4. The number of nitrogens with two attached hydrogens (primary N) is 1. The molecule has 1 unspecified atom stereocenters. The van der Waals surface area contributed by atoms with E-state index in [1.807, 2.05) is 0 Å². The van der Waals surface area contributed by atoms with E-state index in [1.54, 1.807) is 11.3 Å². The topological polar surface area (TPSA) is 45.4 Å². The van der Waals surface area contributed by atoms with Crippen LogP contribution in [0.2, 0.25) is 0 Å². The molecule has 1 aliphatic heterocycles. The summed E-state index contributed by atoms with van der Waals surface area (Å²) < 4.78 is 0. The Hall–Kier alpha value is -0.490. The van der Waals surface area contributed by atoms with Crippen LogP contribution in [0.4, 0.5) is 0 Å². The highest BCUT2D eigenvalue weighted by Crippen LogP contribution is 2.34. The number of hydrogen-bond acceptors (Lipinski definition) is 5. The minimum Gasteiger partial charge on any atom is -0.326 e. The van der Waals surface area contributed by atoms with E-state index < -0.39 is 0 Å². The molecule has 2 rings (SSSR count). The largest absolute Gasteiger partial charge is 0.326 e. The molecule has 0 aromatic carbocycles. The molecule has 1 aliphatic rings. The molecule has 0 saturated carbocycles. The summed E-state index contributed by atoms with van der Waals surface area (Å²) in [5.41, 5.74) is 7.18. The highest BCUT2D eigenvalue weighted by atomic mass is 32.1. The minimum atomic E-state index is 0.0681. The molecular formula is C15H28N4S. The third-order valence-electron chi connectivity index (χ3n) is 3.96. The van der Waals surface area contributed by atoms with Gasteiger partial charge in [-0.15, -0.1) is 11.3 Å². The van der Waals surface area contributed by atoms with Crippen LogP contribution in [0.25, 0.3) is 0 Å². The molecule has 0 aliphatic carbocycles. The van der Waals surface area contributed by atoms with E-state index in [1.165, 1.54) is 28.5 Å². The maximum absolute atomic E-state index is 5.93. The number of thiazole rings is 1. The van der Waals surface area contributed by atoms with Gasteiger partial charge in [-0.25, -0.2) is 4.98 Å². The fourth-order valence-electron chi connectivity index (χ4n) is 2.78. The van der Waals surface area contributed by atoms with Crippen LogP contribution >= 0.6 is 11.3 Å². The predicted octanol–water partition coefficient (Wildman–Crippen LogP) is 2.21. The van der Waals surface area contributed by atoms with Gasteiger partial charge in [0.15, 0.2) is 0 Å². The second-order valence-corrected chi connectivity index (χ2v) is 8.01. The Morgan fingerprint density at radius 1 is 1.30 bits per heavy atom. The van der Waals surface area contributed by atoms with Crippen LogP contribution in [0, 0.1) is 0 Å². The summed E-state index contributed by atoms with van der Waals surface area (Å²) in [5.74, 6) is 0. The molecular weight excluding hydrogens is 268 g/mol. The molecule has 1 aromatic heterocycles. The van der Waals surface area contributed by atoms with Gasteiger partial charge in [-0.05, 0) is 33.6 Å². The highest BCUT2D eigenvalue weighted by Gasteiger charge is 2.29. The molecule has 0 bridgehead atoms. The minimum absolute atomic E-state index is 0.0681. The molecule has 1 saturated heterocycles. The van der Waals surface area contributed by atoms with E-state index in [0.717, 1.165) is 13.1 Å². The zero-order valence-corrected chi connectivity index (χ0v) is 14.3. The van der Waals surface area contributed by atoms with Crippen LogP contribution in [-0.4, -0.2) is 48.5 Å². The first kappa shape index (κ1) is 15.9. The fourth-order valence-corrected chi connectivity index (χ4v) is 4.09. The first-order valence-corrected chi connectivity index (χ1v) is 8.23. The van der Waals surface area contributed by atoms with Gasteiger partial charge in [0.2, 0.25) is 0 Å². The highest BCUT2D eigenvalue weighted by molar-refractivity contribution is 7.11. The molecule has 2 heterocycles. The van der Waals surface area contributed by atoms with Crippen LogP contribution in [-0.2, 0) is 12.0 Å². The van der Waals surface area contributed by atoms with Gasteiger partial charge in [-0.3, -0.25) is 4.90 Å². The summed E-state index contributed by atoms with van der Waals surface area (Å²) in [7, 11) is 4.42. The van der Waals surface area contributed by atoms with Crippen molar-refractivity contribution in [2.45, 2.75) is 45.2 Å². The van der Waals surface area contributed by atoms with Gasteiger partial charge < -0.3 is 10.6 Å². The normalized spacial score (nSPS) is 23.0. The van der Waals surface area contributed by atoms with Crippen molar-refractivity contribution in [2.75, 3.05) is 33.7 Å². The van der Waals surface area contributed by atoms with E-state index in [9.17, 15) is 0 Å². The van der Waals surface area contributed by atoms with Gasteiger partial charge in [0.1, 0.15) is 5.01 Å². The lowest BCUT2D eigenvalue weighted by Gasteiger charge is -2.25. The molecule has 0 amide bonds. The third kappa shape index (κ3) is 3.39. The summed E-state index contributed by atoms with van der Waals surface area (Å²) in [6.07, 6.45) is 1.23. The summed E-state index contributed by atoms with van der Waals surface area (Å²) in [4.78, 5) is 11.1. The summed E-state index contributed by atoms with van der Waals surface area (Å²) in [5, 5.41) is 1.23. The Labute approximate surface area is 127 Å². The fraction of sp³-hybridized carbons (Fsp3) is 0.800. The van der Waals surface area contributed by atoms with Gasteiger partial charge in [0, 0.05) is 23.4 Å². The van der Waals surface area contributed by atoms with Gasteiger partial charge in [0.05, 0.1) is 11.7 Å². The maximum atomic E-state index is 5.93. The molecule has 1 fully saturated rings. The number of rotatable bonds is 2. The molecule has 1 atom stereocenters. The predicted molar refractivity (Wildman–Crippen MR) is 86.2 cm³/mol. The maximum Gasteiger partial charge on any atom is 0.112 e. The molecule has 0 spiro atoms. The number of likely N-dealkylation sites (N-methyl/N-ethyl adjacent to an activating group) is 2. The van der Waals surface area contributed by atoms with Gasteiger partial charge in [-0.1, -0.05) is 20.8 Å². The van der Waals surface area contributed by atoms with Crippen LogP contribution < -0.4 is 5.73 Å². The summed E-state index contributed by atoms with van der Waals surface area (Å²) in [6, 6.07) is 0.397. The standard InChI is InChI=1S/C15H28N4S/c1-15(2,3)13-12(9-16)20-14(17-13)11-10-18(4)7-6-8-19(11)5/h11H,6-10,16H2,1-5H3. The van der Waals surface area contributed by atoms with Crippen molar-refractivity contribution < 1.29 is 0 Å². The zero-order chi connectivity index (χ0) is 14.9. The van der Waals surface area contributed by atoms with Crippen LogP contribution in [0.1, 0.15) is 48.8 Å². The van der Waals surface area contributed by atoms with Crippen molar-refractivity contribution >= 4 is 11.3 Å². The molecule has 1 aromatic rings. The quantitative estimate of drug-likeness (QED) is 0.909. The summed E-state index contributed by atoms with van der Waals surface area (Å²) >= 11 is 1.80. The first-order chi connectivity index (χ1) is 9.32. The molecule has 2 N–H and O–H groups in total. The molecule has 0 radical (unpaired) electrons. The summed E-state index contributed by atoms with van der Waals surface area (Å²) in [6.45, 7) is 10.6. The monoisotopic (exact) mass is 296 g/mol. The molecule has 5 heteroatoms. The van der Waals surface area contributed by atoms with Crippen LogP contribution in [0.5, 0.6) is 0 Å². The number of hydrogen-bond donors (Lipinski definition) is 1. The Bertz CT molecular complexity index is 449. The Balaban J connectivity index is 2.34. The first-order valence-electron chi connectivity index (χ1n) is 7.42. The van der Waals surface area contributed by atoms with Crippen molar-refractivity contribution in [2.24, 2.45) is 5.73 Å². The van der Waals surface area contributed by atoms with Crippen LogP contribution in [0.3, 0.4) is 0 Å². The lowest BCUT2D eigenvalue weighted by molar-refractivity contribution is 0.228. The Morgan fingerprint density at radius 3 is 2.55 bits per heavy atom. The van der Waals surface area contributed by atoms with Crippen molar-refractivity contribution in [3.05, 3.63) is 15.6 Å². The SMILES string of the molecule is CN1CCCN(C)C(c2nc(C(C)(C)C)c(CN)s2)C1. The lowest BCUT2D eigenvalue weighted by atomic mass is 9.91. The van der Waals surface area contributed by atoms with E-state index in [0.29, 0.717) is 12.6 Å². The second-order valence-electron chi connectivity index (χ2n) is 6.89. The molecule has 4 nitrogen and oxygen atoms in total. The average molecular weight is 296 g/mol. The Kier molecular flexibility index (Phi) is 4.84. The van der Waals surface area contributed by atoms with E-state index in [4.69, 9.17) is 10.7 Å². The Morgan fingerprint density at radius 2 is 2.00 bits per heavy atom. The van der Waals surface area contributed by atoms with E-state index in [-0.39, 0.29) is 5.41 Å². The van der Waals surface area contributed by atoms with Crippen molar-refractivity contribution in [3.63, 3.8) is 0 Å². The van der Waals surface area contributed by atoms with Gasteiger partial charge >= 0.3 is 0 Å². The van der Waals surface area contributed by atoms with Gasteiger partial charge in [0.25, 0.3) is 0 Å². The third-order valence-corrected chi connectivity index (χ3v) is 5.14. The second kappa shape index (κ2) is 6.10. The number of nitrogens with zero attached hydrogens (tertiary/aromatic N) is 3. The van der Waals surface area contributed by atoms with Gasteiger partial charge in [-0.2, -0.15) is 0 Å². The van der Waals surface area contributed by atoms with E-state index in [2.05, 4.69) is 44.7 Å². The van der Waals surface area contributed by atoms with E-state index >= 15 is 0 Å². The molecule has 114 valence electrons. The van der Waals surface area contributed by atoms with Crippen molar-refractivity contribution in [3.8, 4) is 0 Å². The lowest BCUT2D eigenvalue weighted by Crippen LogP contribution is -2.30. The van der Waals surface area contributed by atoms with Crippen LogP contribution in [0.15, 0.2) is 0 Å².